The maximum atomic E-state index is 11.0. The Kier molecular flexibility index (Phi) is 2.92. The molecule has 1 aliphatic heterocycles. The van der Waals surface area contributed by atoms with Gasteiger partial charge in [-0.15, -0.1) is 0 Å². The Morgan fingerprint density at radius 1 is 1.64 bits per heavy atom. The quantitative estimate of drug-likeness (QED) is 0.566. The maximum Gasteiger partial charge on any atom is 0.335 e. The number of cyclic esters (lactones) is 1. The van der Waals surface area contributed by atoms with Gasteiger partial charge in [-0.25, -0.2) is 4.79 Å². The molecule has 1 rings (SSSR count). The van der Waals surface area contributed by atoms with Crippen LogP contribution in [0.15, 0.2) is 9.15 Å². The van der Waals surface area contributed by atoms with Gasteiger partial charge in [-0.2, -0.15) is 0 Å². The van der Waals surface area contributed by atoms with Crippen molar-refractivity contribution >= 4 is 28.6 Å². The number of rotatable bonds is 2. The molecule has 0 bridgehead atoms. The molecule has 1 atom stereocenters. The van der Waals surface area contributed by atoms with Crippen LogP contribution in [-0.2, 0) is 9.53 Å². The Labute approximate surface area is 80.1 Å². The van der Waals surface area contributed by atoms with Crippen molar-refractivity contribution in [2.75, 3.05) is 0 Å². The van der Waals surface area contributed by atoms with E-state index in [1.165, 1.54) is 0 Å². The molecule has 1 unspecified atom stereocenters. The lowest BCUT2D eigenvalue weighted by molar-refractivity contribution is -0.139. The van der Waals surface area contributed by atoms with Gasteiger partial charge < -0.3 is 4.74 Å². The summed E-state index contributed by atoms with van der Waals surface area (Å²) < 4.78 is 6.18. The highest BCUT2D eigenvalue weighted by atomic mass is 127. The molecule has 0 fully saturated rings. The lowest BCUT2D eigenvalue weighted by atomic mass is 10.2. The fourth-order valence-corrected chi connectivity index (χ4v) is 1.71. The second kappa shape index (κ2) is 3.56. The van der Waals surface area contributed by atoms with E-state index in [0.717, 1.165) is 22.0 Å². The van der Waals surface area contributed by atoms with Gasteiger partial charge in [-0.1, -0.05) is 13.3 Å². The molecule has 1 heterocycles. The largest absolute Gasteiger partial charge is 0.454 e. The zero-order valence-electron chi connectivity index (χ0n) is 6.69. The van der Waals surface area contributed by atoms with Gasteiger partial charge in [0.05, 0.1) is 0 Å². The third-order valence-electron chi connectivity index (χ3n) is 1.75. The highest BCUT2D eigenvalue weighted by molar-refractivity contribution is 14.1. The summed E-state index contributed by atoms with van der Waals surface area (Å²) in [6.07, 6.45) is 2.05. The van der Waals surface area contributed by atoms with Gasteiger partial charge >= 0.3 is 5.97 Å². The Hall–Kier alpha value is -0.0600. The van der Waals surface area contributed by atoms with Crippen LogP contribution in [0.5, 0.6) is 0 Å². The smallest absolute Gasteiger partial charge is 0.335 e. The summed E-state index contributed by atoms with van der Waals surface area (Å²) in [5.74, 6) is -0.146. The van der Waals surface area contributed by atoms with Crippen LogP contribution in [0.2, 0.25) is 0 Å². The first-order chi connectivity index (χ1) is 5.16. The monoisotopic (exact) mass is 266 g/mol. The third-order valence-corrected chi connectivity index (χ3v) is 3.25. The van der Waals surface area contributed by atoms with E-state index >= 15 is 0 Å². The fourth-order valence-electron chi connectivity index (χ4n) is 1.06. The van der Waals surface area contributed by atoms with Crippen LogP contribution in [-0.4, -0.2) is 12.1 Å². The minimum Gasteiger partial charge on any atom is -0.454 e. The predicted octanol–water partition coefficient (Wildman–Crippen LogP) is 2.42. The van der Waals surface area contributed by atoms with E-state index in [-0.39, 0.29) is 12.1 Å². The molecule has 0 saturated carbocycles. The normalized spacial score (nSPS) is 24.3. The van der Waals surface area contributed by atoms with Crippen LogP contribution in [0, 0.1) is 0 Å². The first-order valence-electron chi connectivity index (χ1n) is 3.74. The van der Waals surface area contributed by atoms with E-state index in [0.29, 0.717) is 0 Å². The van der Waals surface area contributed by atoms with E-state index < -0.39 is 0 Å². The van der Waals surface area contributed by atoms with Crippen molar-refractivity contribution in [3.63, 3.8) is 0 Å². The summed E-state index contributed by atoms with van der Waals surface area (Å²) in [5, 5.41) is 0. The second-order valence-corrected chi connectivity index (χ2v) is 3.82. The van der Waals surface area contributed by atoms with Crippen molar-refractivity contribution in [1.29, 1.82) is 0 Å². The average molecular weight is 266 g/mol. The first kappa shape index (κ1) is 9.03. The van der Waals surface area contributed by atoms with E-state index in [4.69, 9.17) is 4.74 Å². The van der Waals surface area contributed by atoms with Crippen LogP contribution >= 0.6 is 22.6 Å². The van der Waals surface area contributed by atoms with Crippen LogP contribution in [0.4, 0.5) is 0 Å². The topological polar surface area (TPSA) is 26.3 Å². The van der Waals surface area contributed by atoms with Crippen molar-refractivity contribution in [1.82, 2.24) is 0 Å². The third kappa shape index (κ3) is 1.75. The summed E-state index contributed by atoms with van der Waals surface area (Å²) in [4.78, 5) is 11.0. The maximum absolute atomic E-state index is 11.0. The molecule has 2 nitrogen and oxygen atoms in total. The number of carbonyl (C=O) groups is 1. The first-order valence-corrected chi connectivity index (χ1v) is 4.82. The average Bonchev–Trinajstić information content (AvgIpc) is 2.19. The summed E-state index contributed by atoms with van der Waals surface area (Å²) in [6.45, 7) is 3.91. The minimum atomic E-state index is -0.146. The summed E-state index contributed by atoms with van der Waals surface area (Å²) in [5.41, 5.74) is 0.782. The van der Waals surface area contributed by atoms with Crippen molar-refractivity contribution in [2.45, 2.75) is 32.8 Å². The molecule has 0 aromatic rings. The number of carbonyl (C=O) groups excluding carboxylic acids is 1. The summed E-state index contributed by atoms with van der Waals surface area (Å²) in [6, 6.07) is 0. The summed E-state index contributed by atoms with van der Waals surface area (Å²) in [7, 11) is 0. The molecule has 0 aromatic heterocycles. The molecule has 11 heavy (non-hydrogen) atoms. The van der Waals surface area contributed by atoms with Crippen molar-refractivity contribution < 1.29 is 9.53 Å². The van der Waals surface area contributed by atoms with Crippen molar-refractivity contribution in [2.24, 2.45) is 0 Å². The van der Waals surface area contributed by atoms with Gasteiger partial charge in [-0.3, -0.25) is 0 Å². The molecule has 3 heteroatoms. The molecule has 0 radical (unpaired) electrons. The van der Waals surface area contributed by atoms with E-state index in [1.807, 2.05) is 6.92 Å². The Balaban J connectivity index is 2.69. The predicted molar refractivity (Wildman–Crippen MR) is 51.5 cm³/mol. The number of ether oxygens (including phenoxy) is 1. The number of halogens is 1. The molecule has 0 spiro atoms. The molecule has 0 amide bonds. The fraction of sp³-hybridized carbons (Fsp3) is 0.625. The minimum absolute atomic E-state index is 0.0492. The van der Waals surface area contributed by atoms with E-state index in [2.05, 4.69) is 29.5 Å². The van der Waals surface area contributed by atoms with Gasteiger partial charge in [0, 0.05) is 9.15 Å². The van der Waals surface area contributed by atoms with E-state index in [9.17, 15) is 4.79 Å². The Morgan fingerprint density at radius 2 is 2.27 bits per heavy atom. The Morgan fingerprint density at radius 3 is 2.64 bits per heavy atom. The standard InChI is InChI=1S/C8H11IO2/c1-3-4-6-7(9)5(2)8(10)11-6/h6H,3-4H2,1-2H3. The molecule has 1 aliphatic rings. The molecule has 62 valence electrons. The summed E-state index contributed by atoms with van der Waals surface area (Å²) >= 11 is 2.19. The zero-order valence-corrected chi connectivity index (χ0v) is 8.84. The van der Waals surface area contributed by atoms with Crippen LogP contribution in [0.25, 0.3) is 0 Å². The van der Waals surface area contributed by atoms with Gasteiger partial charge in [-0.05, 0) is 35.9 Å². The second-order valence-electron chi connectivity index (χ2n) is 2.66. The van der Waals surface area contributed by atoms with Crippen LogP contribution in [0.3, 0.4) is 0 Å². The van der Waals surface area contributed by atoms with E-state index in [1.54, 1.807) is 0 Å². The van der Waals surface area contributed by atoms with Gasteiger partial charge in [0.2, 0.25) is 0 Å². The molecular weight excluding hydrogens is 255 g/mol. The molecule has 0 aliphatic carbocycles. The van der Waals surface area contributed by atoms with Crippen molar-refractivity contribution in [3.05, 3.63) is 9.15 Å². The Bertz CT molecular complexity index is 208. The van der Waals surface area contributed by atoms with Gasteiger partial charge in [0.15, 0.2) is 0 Å². The van der Waals surface area contributed by atoms with Crippen molar-refractivity contribution in [3.8, 4) is 0 Å². The molecular formula is C8H11IO2. The van der Waals surface area contributed by atoms with Crippen LogP contribution < -0.4 is 0 Å². The lowest BCUT2D eigenvalue weighted by Crippen LogP contribution is -2.08. The molecule has 0 N–H and O–H groups in total. The number of hydrogen-bond acceptors (Lipinski definition) is 2. The number of esters is 1. The molecule has 0 aromatic carbocycles. The zero-order chi connectivity index (χ0) is 8.43. The van der Waals surface area contributed by atoms with Crippen LogP contribution in [0.1, 0.15) is 26.7 Å². The highest BCUT2D eigenvalue weighted by Crippen LogP contribution is 2.30. The van der Waals surface area contributed by atoms with Gasteiger partial charge in [0.1, 0.15) is 6.10 Å². The number of hydrogen-bond donors (Lipinski definition) is 0. The SMILES string of the molecule is CCCC1OC(=O)C(C)=C1I. The highest BCUT2D eigenvalue weighted by Gasteiger charge is 2.28. The lowest BCUT2D eigenvalue weighted by Gasteiger charge is -2.07. The van der Waals surface area contributed by atoms with Gasteiger partial charge in [0.25, 0.3) is 0 Å². The molecule has 0 saturated heterocycles.